The van der Waals surface area contributed by atoms with Crippen LogP contribution in [0, 0.1) is 18.3 Å². The fraction of sp³-hybridized carbons (Fsp3) is 0.529. The Hall–Kier alpha value is -3.85. The summed E-state index contributed by atoms with van der Waals surface area (Å²) in [5, 5.41) is 27.3. The van der Waals surface area contributed by atoms with Gasteiger partial charge in [-0.3, -0.25) is 13.9 Å². The Balaban J connectivity index is 1.47. The zero-order valence-corrected chi connectivity index (χ0v) is 30.5. The maximum absolute atomic E-state index is 14.8. The first-order valence-corrected chi connectivity index (χ1v) is 18.0. The Bertz CT molecular complexity index is 1890. The first-order valence-electron chi connectivity index (χ1n) is 16.5. The molecule has 7 atom stereocenters. The number of nitrogens with two attached hydrogens (primary N) is 1. The summed E-state index contributed by atoms with van der Waals surface area (Å²) in [6.45, 7) is 12.2. The molecule has 50 heavy (non-hydrogen) atoms. The molecule has 0 spiro atoms. The summed E-state index contributed by atoms with van der Waals surface area (Å²) in [7, 11) is -3.04. The molecule has 16 heteroatoms. The SMILES string of the molecule is CCC(C)C(NP(=O)(OCC1OC(n2c(C)nc3c(OC)nc(N)nc32)C(C)(O)C1O)Oc1cccc2ccccc12)C(=O)OCC(C)(C)C. The number of carbonyl (C=O) groups is 1. The highest BCUT2D eigenvalue weighted by Gasteiger charge is 2.55. The Morgan fingerprint density at radius 3 is 2.56 bits per heavy atom. The first-order chi connectivity index (χ1) is 23.5. The smallest absolute Gasteiger partial charge is 0.459 e. The molecule has 1 saturated heterocycles. The van der Waals surface area contributed by atoms with Crippen LogP contribution < -0.4 is 20.1 Å². The molecule has 7 unspecified atom stereocenters. The summed E-state index contributed by atoms with van der Waals surface area (Å²) in [6, 6.07) is 11.6. The van der Waals surface area contributed by atoms with Gasteiger partial charge in [0.05, 0.1) is 20.3 Å². The lowest BCUT2D eigenvalue weighted by Gasteiger charge is -2.30. The molecule has 2 aromatic heterocycles. The average molecular weight is 715 g/mol. The van der Waals surface area contributed by atoms with Gasteiger partial charge in [-0.25, -0.2) is 9.55 Å². The predicted molar refractivity (Wildman–Crippen MR) is 186 cm³/mol. The van der Waals surface area contributed by atoms with Crippen LogP contribution in [0.3, 0.4) is 0 Å². The highest BCUT2D eigenvalue weighted by atomic mass is 31.2. The molecule has 5 rings (SSSR count). The van der Waals surface area contributed by atoms with Crippen molar-refractivity contribution in [1.29, 1.82) is 0 Å². The van der Waals surface area contributed by atoms with E-state index < -0.39 is 50.4 Å². The number of aliphatic hydroxyl groups is 2. The minimum absolute atomic E-state index is 0.0944. The number of fused-ring (bicyclic) bond motifs is 2. The number of aryl methyl sites for hydroxylation is 1. The average Bonchev–Trinajstić information content (AvgIpc) is 3.50. The number of aliphatic hydroxyl groups excluding tert-OH is 1. The number of hydrogen-bond acceptors (Lipinski definition) is 13. The van der Waals surface area contributed by atoms with E-state index in [9.17, 15) is 19.6 Å². The zero-order valence-electron chi connectivity index (χ0n) is 29.6. The van der Waals surface area contributed by atoms with E-state index in [4.69, 9.17) is 29.0 Å². The van der Waals surface area contributed by atoms with Crippen LogP contribution in [-0.4, -0.2) is 79.9 Å². The molecule has 0 saturated carbocycles. The van der Waals surface area contributed by atoms with Gasteiger partial charge >= 0.3 is 13.7 Å². The molecular formula is C34H47N6O9P. The molecule has 15 nitrogen and oxygen atoms in total. The highest BCUT2D eigenvalue weighted by molar-refractivity contribution is 7.52. The number of imidazole rings is 1. The zero-order chi connectivity index (χ0) is 36.6. The van der Waals surface area contributed by atoms with Gasteiger partial charge in [-0.1, -0.05) is 77.4 Å². The largest absolute Gasteiger partial charge is 0.479 e. The molecule has 5 N–H and O–H groups in total. The van der Waals surface area contributed by atoms with Crippen molar-refractivity contribution in [2.24, 2.45) is 11.3 Å². The lowest BCUT2D eigenvalue weighted by atomic mass is 9.96. The van der Waals surface area contributed by atoms with E-state index in [1.807, 2.05) is 65.0 Å². The van der Waals surface area contributed by atoms with Crippen LogP contribution in [0.15, 0.2) is 42.5 Å². The van der Waals surface area contributed by atoms with Gasteiger partial charge in [-0.2, -0.15) is 15.1 Å². The van der Waals surface area contributed by atoms with E-state index in [1.54, 1.807) is 19.1 Å². The van der Waals surface area contributed by atoms with Crippen molar-refractivity contribution in [2.45, 2.75) is 85.0 Å². The van der Waals surface area contributed by atoms with Crippen LogP contribution in [0.1, 0.15) is 60.0 Å². The summed E-state index contributed by atoms with van der Waals surface area (Å²) in [6.07, 6.45) is -3.46. The second-order valence-electron chi connectivity index (χ2n) is 14.0. The number of anilines is 1. The predicted octanol–water partition coefficient (Wildman–Crippen LogP) is 4.69. The van der Waals surface area contributed by atoms with E-state index in [1.165, 1.54) is 18.6 Å². The number of carbonyl (C=O) groups excluding carboxylic acids is 1. The van der Waals surface area contributed by atoms with Gasteiger partial charge in [0, 0.05) is 5.39 Å². The van der Waals surface area contributed by atoms with Crippen molar-refractivity contribution in [1.82, 2.24) is 24.6 Å². The quantitative estimate of drug-likeness (QED) is 0.110. The molecule has 272 valence electrons. The third-order valence-corrected chi connectivity index (χ3v) is 10.2. The minimum atomic E-state index is -4.45. The molecule has 1 aliphatic heterocycles. The summed E-state index contributed by atoms with van der Waals surface area (Å²) in [4.78, 5) is 26.3. The number of hydrogen-bond donors (Lipinski definition) is 4. The molecule has 4 aromatic rings. The first kappa shape index (κ1) is 37.4. The maximum atomic E-state index is 14.8. The highest BCUT2D eigenvalue weighted by Crippen LogP contribution is 2.49. The van der Waals surface area contributed by atoms with Gasteiger partial charge in [0.15, 0.2) is 17.4 Å². The molecule has 0 radical (unpaired) electrons. The fourth-order valence-corrected chi connectivity index (χ4v) is 7.35. The Labute approximate surface area is 291 Å². The number of aromatic nitrogens is 4. The molecule has 1 aliphatic rings. The summed E-state index contributed by atoms with van der Waals surface area (Å²) >= 11 is 0. The molecule has 0 aliphatic carbocycles. The summed E-state index contributed by atoms with van der Waals surface area (Å²) in [5.41, 5.74) is 4.19. The Kier molecular flexibility index (Phi) is 10.8. The second-order valence-corrected chi connectivity index (χ2v) is 15.7. The van der Waals surface area contributed by atoms with E-state index in [2.05, 4.69) is 20.0 Å². The van der Waals surface area contributed by atoms with E-state index >= 15 is 0 Å². The molecule has 3 heterocycles. The lowest BCUT2D eigenvalue weighted by molar-refractivity contribution is -0.150. The lowest BCUT2D eigenvalue weighted by Crippen LogP contribution is -2.45. The minimum Gasteiger partial charge on any atom is -0.479 e. The van der Waals surface area contributed by atoms with Crippen molar-refractivity contribution in [3.63, 3.8) is 0 Å². The molecule has 2 aromatic carbocycles. The molecule has 1 fully saturated rings. The number of esters is 1. The number of methoxy groups -OCH3 is 1. The topological polar surface area (TPSA) is 202 Å². The number of nitrogen functional groups attached to an aromatic ring is 1. The monoisotopic (exact) mass is 714 g/mol. The van der Waals surface area contributed by atoms with Crippen molar-refractivity contribution < 1.29 is 42.8 Å². The number of nitrogens with one attached hydrogen (secondary N) is 1. The number of nitrogens with zero attached hydrogens (tertiary/aromatic N) is 4. The summed E-state index contributed by atoms with van der Waals surface area (Å²) < 4.78 is 45.6. The second kappa shape index (κ2) is 14.4. The normalized spacial score (nSPS) is 23.4. The van der Waals surface area contributed by atoms with E-state index in [0.29, 0.717) is 17.6 Å². The van der Waals surface area contributed by atoms with Gasteiger partial charge in [-0.15, -0.1) is 0 Å². The molecular weight excluding hydrogens is 667 g/mol. The van der Waals surface area contributed by atoms with Crippen LogP contribution in [0.4, 0.5) is 5.95 Å². The third kappa shape index (κ3) is 7.73. The van der Waals surface area contributed by atoms with Gasteiger partial charge in [0.1, 0.15) is 35.4 Å². The number of rotatable bonds is 13. The van der Waals surface area contributed by atoms with Gasteiger partial charge in [0.25, 0.3) is 0 Å². The van der Waals surface area contributed by atoms with Crippen molar-refractivity contribution in [3.8, 4) is 11.6 Å². The maximum Gasteiger partial charge on any atom is 0.459 e. The van der Waals surface area contributed by atoms with Gasteiger partial charge in [0.2, 0.25) is 11.8 Å². The van der Waals surface area contributed by atoms with Crippen LogP contribution in [0.25, 0.3) is 21.9 Å². The van der Waals surface area contributed by atoms with Crippen molar-refractivity contribution in [3.05, 3.63) is 48.3 Å². The third-order valence-electron chi connectivity index (χ3n) is 8.67. The van der Waals surface area contributed by atoms with Crippen molar-refractivity contribution in [2.75, 3.05) is 26.1 Å². The van der Waals surface area contributed by atoms with E-state index in [0.717, 1.165) is 5.39 Å². The number of benzene rings is 2. The van der Waals surface area contributed by atoms with Gasteiger partial charge < -0.3 is 34.7 Å². The van der Waals surface area contributed by atoms with Crippen molar-refractivity contribution >= 4 is 41.6 Å². The number of ether oxygens (including phenoxy) is 3. The van der Waals surface area contributed by atoms with Crippen LogP contribution in [0.5, 0.6) is 11.6 Å². The van der Waals surface area contributed by atoms with E-state index in [-0.39, 0.29) is 46.7 Å². The molecule has 0 amide bonds. The summed E-state index contributed by atoms with van der Waals surface area (Å²) in [5.74, 6) is -0.301. The Morgan fingerprint density at radius 2 is 1.88 bits per heavy atom. The standard InChI is InChI=1S/C34H47N6O9P/c1-9-19(2)25(30(42)46-18-33(4,5)6)39-50(44,49-23-16-12-14-21-13-10-11-15-22(21)23)47-17-24-27(41)34(7,43)31(48-24)40-20(3)36-26-28(40)37-32(35)38-29(26)45-8/h10-16,19,24-25,27,31,41,43H,9,17-18H2,1-8H3,(H,39,44)(H2,35,37,38). The van der Waals surface area contributed by atoms with Crippen LogP contribution in [0.2, 0.25) is 0 Å². The van der Waals surface area contributed by atoms with Crippen LogP contribution in [-0.2, 0) is 23.4 Å². The van der Waals surface area contributed by atoms with Gasteiger partial charge in [-0.05, 0) is 36.6 Å². The molecule has 0 bridgehead atoms. The Morgan fingerprint density at radius 1 is 1.18 bits per heavy atom. The van der Waals surface area contributed by atoms with Crippen LogP contribution >= 0.6 is 7.75 Å². The fourth-order valence-electron chi connectivity index (χ4n) is 5.71.